The lowest BCUT2D eigenvalue weighted by Gasteiger charge is -2.02. The van der Waals surface area contributed by atoms with Crippen LogP contribution >= 0.6 is 0 Å². The zero-order chi connectivity index (χ0) is 14.8. The van der Waals surface area contributed by atoms with E-state index in [1.807, 2.05) is 19.9 Å². The molecule has 108 valence electrons. The molecule has 0 amide bonds. The monoisotopic (exact) mass is 281 g/mol. The zero-order valence-electron chi connectivity index (χ0n) is 12.7. The summed E-state index contributed by atoms with van der Waals surface area (Å²) in [4.78, 5) is 0. The van der Waals surface area contributed by atoms with Gasteiger partial charge in [0.05, 0.1) is 0 Å². The third kappa shape index (κ3) is 11.9. The van der Waals surface area contributed by atoms with E-state index in [-0.39, 0.29) is 5.75 Å². The minimum Gasteiger partial charge on any atom is -0.772 e. The van der Waals surface area contributed by atoms with Crippen LogP contribution in [0, 0.1) is 0 Å². The van der Waals surface area contributed by atoms with Crippen LogP contribution in [0.25, 0.3) is 0 Å². The van der Waals surface area contributed by atoms with Crippen molar-refractivity contribution in [2.24, 2.45) is 0 Å². The predicted molar refractivity (Wildman–Crippen MR) is 83.7 cm³/mol. The van der Waals surface area contributed by atoms with Crippen LogP contribution in [0.1, 0.15) is 47.5 Å². The normalized spacial score (nSPS) is 15.4. The lowest BCUT2D eigenvalue weighted by Crippen LogP contribution is -1.91. The molecule has 0 saturated heterocycles. The molecule has 0 fully saturated rings. The van der Waals surface area contributed by atoms with Crippen molar-refractivity contribution >= 4 is 11.1 Å². The van der Waals surface area contributed by atoms with E-state index in [4.69, 9.17) is 0 Å². The number of hydrogen-bond donors (Lipinski definition) is 0. The summed E-state index contributed by atoms with van der Waals surface area (Å²) >= 11 is -2.00. The molecular formula is C16H25O2S-. The average Bonchev–Trinajstić information content (AvgIpc) is 2.25. The summed E-state index contributed by atoms with van der Waals surface area (Å²) in [6.45, 7) is 10.3. The highest BCUT2D eigenvalue weighted by atomic mass is 32.2. The minimum absolute atomic E-state index is 0.0822. The van der Waals surface area contributed by atoms with Crippen molar-refractivity contribution in [3.05, 3.63) is 46.6 Å². The smallest absolute Gasteiger partial charge is 0.0288 e. The molecule has 2 nitrogen and oxygen atoms in total. The van der Waals surface area contributed by atoms with Gasteiger partial charge in [0.25, 0.3) is 0 Å². The SMILES string of the molecule is CC(C)=CCC/C(C)=C/C(C)=C/C(C)=C/CS(=O)[O-]. The van der Waals surface area contributed by atoms with Crippen molar-refractivity contribution < 1.29 is 8.76 Å². The van der Waals surface area contributed by atoms with E-state index in [9.17, 15) is 8.76 Å². The summed E-state index contributed by atoms with van der Waals surface area (Å²) < 4.78 is 20.9. The Morgan fingerprint density at radius 1 is 1.00 bits per heavy atom. The maximum atomic E-state index is 10.5. The molecule has 0 rings (SSSR count). The van der Waals surface area contributed by atoms with E-state index >= 15 is 0 Å². The fourth-order valence-corrected chi connectivity index (χ4v) is 2.11. The number of hydrogen-bond acceptors (Lipinski definition) is 2. The Bertz CT molecular complexity index is 422. The van der Waals surface area contributed by atoms with E-state index < -0.39 is 11.1 Å². The van der Waals surface area contributed by atoms with Crippen molar-refractivity contribution in [3.63, 3.8) is 0 Å². The molecule has 19 heavy (non-hydrogen) atoms. The molecule has 0 aliphatic heterocycles. The molecule has 0 radical (unpaired) electrons. The molecular weight excluding hydrogens is 256 g/mol. The topological polar surface area (TPSA) is 40.1 Å². The number of rotatable bonds is 7. The van der Waals surface area contributed by atoms with Gasteiger partial charge in [-0.2, -0.15) is 0 Å². The Kier molecular flexibility index (Phi) is 9.44. The van der Waals surface area contributed by atoms with Crippen LogP contribution in [0.3, 0.4) is 0 Å². The lowest BCUT2D eigenvalue weighted by atomic mass is 10.1. The van der Waals surface area contributed by atoms with Crippen molar-refractivity contribution in [1.82, 2.24) is 0 Å². The molecule has 0 aliphatic carbocycles. The third-order valence-corrected chi connectivity index (χ3v) is 3.00. The standard InChI is InChI=1S/C16H26O2S/c1-13(2)7-6-8-14(3)11-16(5)12-15(4)9-10-19(17)18/h7,9,11-12H,6,8,10H2,1-5H3,(H,17,18)/p-1/b14-11+,15-9+,16-12+. The fraction of sp³-hybridized carbons (Fsp3) is 0.500. The summed E-state index contributed by atoms with van der Waals surface area (Å²) in [6, 6.07) is 0. The van der Waals surface area contributed by atoms with Gasteiger partial charge in [-0.15, -0.1) is 0 Å². The first kappa shape index (κ1) is 18.1. The quantitative estimate of drug-likeness (QED) is 0.393. The first-order chi connectivity index (χ1) is 8.81. The van der Waals surface area contributed by atoms with Crippen molar-refractivity contribution in [1.29, 1.82) is 0 Å². The van der Waals surface area contributed by atoms with Gasteiger partial charge in [-0.25, -0.2) is 0 Å². The van der Waals surface area contributed by atoms with Gasteiger partial charge in [0.2, 0.25) is 0 Å². The van der Waals surface area contributed by atoms with E-state index in [1.54, 1.807) is 6.08 Å². The maximum absolute atomic E-state index is 10.5. The molecule has 1 atom stereocenters. The van der Waals surface area contributed by atoms with Crippen LogP contribution in [0.4, 0.5) is 0 Å². The van der Waals surface area contributed by atoms with Crippen molar-refractivity contribution in [2.75, 3.05) is 5.75 Å². The molecule has 0 heterocycles. The van der Waals surface area contributed by atoms with Gasteiger partial charge >= 0.3 is 0 Å². The van der Waals surface area contributed by atoms with Crippen LogP contribution in [0.5, 0.6) is 0 Å². The van der Waals surface area contributed by atoms with Crippen LogP contribution in [-0.4, -0.2) is 14.5 Å². The lowest BCUT2D eigenvalue weighted by molar-refractivity contribution is 0.540. The summed E-state index contributed by atoms with van der Waals surface area (Å²) in [7, 11) is 0. The van der Waals surface area contributed by atoms with Crippen LogP contribution in [0.2, 0.25) is 0 Å². The molecule has 0 saturated carbocycles. The minimum atomic E-state index is -2.00. The zero-order valence-corrected chi connectivity index (χ0v) is 13.5. The van der Waals surface area contributed by atoms with E-state index in [2.05, 4.69) is 32.9 Å². The first-order valence-corrected chi connectivity index (χ1v) is 7.77. The van der Waals surface area contributed by atoms with E-state index in [1.165, 1.54) is 11.1 Å². The molecule has 0 spiro atoms. The highest BCUT2D eigenvalue weighted by molar-refractivity contribution is 7.79. The van der Waals surface area contributed by atoms with Crippen molar-refractivity contribution in [3.8, 4) is 0 Å². The average molecular weight is 281 g/mol. The molecule has 0 aromatic heterocycles. The first-order valence-electron chi connectivity index (χ1n) is 6.52. The second-order valence-electron chi connectivity index (χ2n) is 5.12. The predicted octanol–water partition coefficient (Wildman–Crippen LogP) is 4.45. The Hall–Kier alpha value is -0.930. The van der Waals surface area contributed by atoms with Gasteiger partial charge < -0.3 is 4.55 Å². The van der Waals surface area contributed by atoms with Crippen molar-refractivity contribution in [2.45, 2.75) is 47.5 Å². The summed E-state index contributed by atoms with van der Waals surface area (Å²) in [5.41, 5.74) is 4.83. The maximum Gasteiger partial charge on any atom is 0.0288 e. The second-order valence-corrected chi connectivity index (χ2v) is 6.06. The Morgan fingerprint density at radius 3 is 2.16 bits per heavy atom. The molecule has 0 aromatic carbocycles. The Morgan fingerprint density at radius 2 is 1.63 bits per heavy atom. The van der Waals surface area contributed by atoms with E-state index in [0.717, 1.165) is 24.0 Å². The summed E-state index contributed by atoms with van der Waals surface area (Å²) in [5.74, 6) is 0.0822. The molecule has 0 bridgehead atoms. The molecule has 1 unspecified atom stereocenters. The van der Waals surface area contributed by atoms with E-state index in [0.29, 0.717) is 0 Å². The van der Waals surface area contributed by atoms with Crippen LogP contribution < -0.4 is 0 Å². The Labute approximate surface area is 120 Å². The molecule has 0 N–H and O–H groups in total. The Balaban J connectivity index is 4.47. The van der Waals surface area contributed by atoms with Gasteiger partial charge in [-0.1, -0.05) is 57.7 Å². The highest BCUT2D eigenvalue weighted by Crippen LogP contribution is 2.11. The van der Waals surface area contributed by atoms with Crippen LogP contribution in [0.15, 0.2) is 46.6 Å². The number of allylic oxidation sites excluding steroid dienone is 7. The van der Waals surface area contributed by atoms with Gasteiger partial charge in [-0.3, -0.25) is 4.21 Å². The van der Waals surface area contributed by atoms with Crippen LogP contribution in [-0.2, 0) is 11.1 Å². The molecule has 0 aliphatic rings. The van der Waals surface area contributed by atoms with Gasteiger partial charge in [0.1, 0.15) is 0 Å². The van der Waals surface area contributed by atoms with Gasteiger partial charge in [0, 0.05) is 5.75 Å². The summed E-state index contributed by atoms with van der Waals surface area (Å²) in [6.07, 6.45) is 10.3. The van der Waals surface area contributed by atoms with Gasteiger partial charge in [0.15, 0.2) is 0 Å². The summed E-state index contributed by atoms with van der Waals surface area (Å²) in [5, 5.41) is 0. The molecule has 0 aromatic rings. The second kappa shape index (κ2) is 9.93. The third-order valence-electron chi connectivity index (χ3n) is 2.56. The molecule has 3 heteroatoms. The largest absolute Gasteiger partial charge is 0.772 e. The van der Waals surface area contributed by atoms with Gasteiger partial charge in [-0.05, 0) is 47.5 Å². The highest BCUT2D eigenvalue weighted by Gasteiger charge is 1.91. The fourth-order valence-electron chi connectivity index (χ4n) is 1.71.